The predicted molar refractivity (Wildman–Crippen MR) is 124 cm³/mol. The zero-order valence-electron chi connectivity index (χ0n) is 21.0. The molecule has 2 aliphatic carbocycles. The largest absolute Gasteiger partial charge is 0.509 e. The monoisotopic (exact) mass is 487 g/mol. The molecule has 2 bridgehead atoms. The summed E-state index contributed by atoms with van der Waals surface area (Å²) in [5.74, 6) is 0.752. The first kappa shape index (κ1) is 23.9. The number of nitrogens with zero attached hydrogens (tertiary/aromatic N) is 1. The molecule has 9 nitrogen and oxygen atoms in total. The van der Waals surface area contributed by atoms with Crippen LogP contribution in [0.5, 0.6) is 11.5 Å². The molecule has 2 heterocycles. The first-order valence-electron chi connectivity index (χ1n) is 12.0. The lowest BCUT2D eigenvalue weighted by atomic mass is 9.50. The SMILES string of the molecule is COc1ccc2c3c1O[C@H]1C(OC(=O)C(C)OC(=O)OC(C)(C)C)=CC[C@@]4(O)[C@@H](C2)N(C)CC[C@]314. The molecular formula is C26H33NO8. The molecule has 1 saturated heterocycles. The van der Waals surface area contributed by atoms with Gasteiger partial charge < -0.3 is 33.7 Å². The number of carbonyl (C=O) groups is 2. The normalized spacial score (nSPS) is 31.5. The third-order valence-corrected chi connectivity index (χ3v) is 7.77. The summed E-state index contributed by atoms with van der Waals surface area (Å²) in [5, 5.41) is 12.2. The van der Waals surface area contributed by atoms with Gasteiger partial charge in [-0.2, -0.15) is 0 Å². The van der Waals surface area contributed by atoms with E-state index < -0.39 is 40.9 Å². The third kappa shape index (κ3) is 3.42. The summed E-state index contributed by atoms with van der Waals surface area (Å²) in [4.78, 5) is 27.1. The van der Waals surface area contributed by atoms with Gasteiger partial charge in [-0.1, -0.05) is 6.07 Å². The van der Waals surface area contributed by atoms with Crippen LogP contribution in [0.25, 0.3) is 0 Å². The molecule has 1 unspecified atom stereocenters. The number of piperidine rings is 1. The van der Waals surface area contributed by atoms with Gasteiger partial charge in [-0.3, -0.25) is 0 Å². The van der Waals surface area contributed by atoms with Crippen molar-refractivity contribution in [2.75, 3.05) is 20.7 Å². The zero-order chi connectivity index (χ0) is 25.3. The lowest BCUT2D eigenvalue weighted by molar-refractivity contribution is -0.172. The quantitative estimate of drug-likeness (QED) is 0.642. The molecule has 5 atom stereocenters. The van der Waals surface area contributed by atoms with Gasteiger partial charge in [0.2, 0.25) is 0 Å². The topological polar surface area (TPSA) is 104 Å². The summed E-state index contributed by atoms with van der Waals surface area (Å²) in [5.41, 5.74) is -0.556. The minimum atomic E-state index is -1.19. The number of carbonyl (C=O) groups excluding carboxylic acids is 2. The number of likely N-dealkylation sites (N-methyl/N-ethyl adjacent to an activating group) is 1. The Hall–Kier alpha value is -2.78. The number of ether oxygens (including phenoxy) is 5. The Morgan fingerprint density at radius 2 is 2.03 bits per heavy atom. The molecule has 0 radical (unpaired) electrons. The van der Waals surface area contributed by atoms with Crippen LogP contribution in [-0.2, 0) is 30.8 Å². The number of esters is 1. The fourth-order valence-electron chi connectivity index (χ4n) is 6.25. The highest BCUT2D eigenvalue weighted by Gasteiger charge is 2.72. The van der Waals surface area contributed by atoms with E-state index in [0.29, 0.717) is 36.5 Å². The number of likely N-dealkylation sites (tertiary alicyclic amines) is 1. The second-order valence-corrected chi connectivity index (χ2v) is 10.9. The average Bonchev–Trinajstić information content (AvgIpc) is 3.12. The smallest absolute Gasteiger partial charge is 0.493 e. The Morgan fingerprint density at radius 1 is 1.29 bits per heavy atom. The highest BCUT2D eigenvalue weighted by atomic mass is 16.7. The summed E-state index contributed by atoms with van der Waals surface area (Å²) in [6, 6.07) is 3.82. The summed E-state index contributed by atoms with van der Waals surface area (Å²) in [6.45, 7) is 7.33. The number of benzene rings is 1. The molecule has 0 saturated carbocycles. The summed E-state index contributed by atoms with van der Waals surface area (Å²) in [7, 11) is 3.62. The van der Waals surface area contributed by atoms with Gasteiger partial charge in [0, 0.05) is 18.0 Å². The molecule has 190 valence electrons. The maximum absolute atomic E-state index is 12.9. The summed E-state index contributed by atoms with van der Waals surface area (Å²) in [6.07, 6.45) is 0.527. The lowest BCUT2D eigenvalue weighted by Gasteiger charge is -2.61. The van der Waals surface area contributed by atoms with E-state index in [-0.39, 0.29) is 6.04 Å². The Kier molecular flexibility index (Phi) is 5.38. The standard InChI is InChI=1S/C26H33NO8/c1-14(32-23(29)35-24(2,3)4)22(28)33-17-9-10-26(30)18-13-15-7-8-16(31-6)20-19(15)25(26,21(17)34-20)11-12-27(18)5/h7-9,14,18,21,30H,10-13H2,1-6H3/t14?,18-,21+,25+,26-/m1/s1. The van der Waals surface area contributed by atoms with Crippen molar-refractivity contribution in [3.8, 4) is 11.5 Å². The van der Waals surface area contributed by atoms with Crippen molar-refractivity contribution >= 4 is 12.1 Å². The molecule has 2 aliphatic heterocycles. The van der Waals surface area contributed by atoms with E-state index in [4.69, 9.17) is 23.7 Å². The number of hydrogen-bond acceptors (Lipinski definition) is 9. The van der Waals surface area contributed by atoms with Crippen molar-refractivity contribution in [3.63, 3.8) is 0 Å². The second kappa shape index (κ2) is 7.86. The molecule has 1 spiro atoms. The van der Waals surface area contributed by atoms with Gasteiger partial charge in [0.1, 0.15) is 11.4 Å². The predicted octanol–water partition coefficient (Wildman–Crippen LogP) is 2.86. The van der Waals surface area contributed by atoms with Crippen molar-refractivity contribution in [1.82, 2.24) is 4.90 Å². The van der Waals surface area contributed by atoms with Crippen LogP contribution in [0.15, 0.2) is 24.0 Å². The van der Waals surface area contributed by atoms with Crippen molar-refractivity contribution in [2.24, 2.45) is 0 Å². The lowest BCUT2D eigenvalue weighted by Crippen LogP contribution is -2.74. The van der Waals surface area contributed by atoms with Crippen LogP contribution in [0.3, 0.4) is 0 Å². The van der Waals surface area contributed by atoms with Crippen LogP contribution in [0, 0.1) is 0 Å². The van der Waals surface area contributed by atoms with Gasteiger partial charge in [0.05, 0.1) is 18.1 Å². The zero-order valence-corrected chi connectivity index (χ0v) is 21.0. The Bertz CT molecular complexity index is 1110. The summed E-state index contributed by atoms with van der Waals surface area (Å²) < 4.78 is 28.1. The molecule has 4 aliphatic rings. The molecule has 1 fully saturated rings. The fourth-order valence-corrected chi connectivity index (χ4v) is 6.25. The van der Waals surface area contributed by atoms with Crippen LogP contribution >= 0.6 is 0 Å². The number of hydrogen-bond donors (Lipinski definition) is 1. The van der Waals surface area contributed by atoms with Gasteiger partial charge in [-0.05, 0) is 71.8 Å². The van der Waals surface area contributed by atoms with E-state index in [9.17, 15) is 14.7 Å². The van der Waals surface area contributed by atoms with Crippen molar-refractivity contribution < 1.29 is 38.4 Å². The van der Waals surface area contributed by atoms with Gasteiger partial charge in [-0.25, -0.2) is 9.59 Å². The number of rotatable bonds is 4. The molecule has 1 N–H and O–H groups in total. The molecule has 5 rings (SSSR count). The van der Waals surface area contributed by atoms with E-state index in [1.165, 1.54) is 6.92 Å². The minimum absolute atomic E-state index is 0.0999. The van der Waals surface area contributed by atoms with Crippen molar-refractivity contribution in [3.05, 3.63) is 35.1 Å². The van der Waals surface area contributed by atoms with Gasteiger partial charge in [-0.15, -0.1) is 0 Å². The van der Waals surface area contributed by atoms with E-state index >= 15 is 0 Å². The molecule has 35 heavy (non-hydrogen) atoms. The van der Waals surface area contributed by atoms with Crippen LogP contribution in [-0.4, -0.2) is 72.3 Å². The van der Waals surface area contributed by atoms with Crippen LogP contribution in [0.1, 0.15) is 51.7 Å². The van der Waals surface area contributed by atoms with Gasteiger partial charge in [0.25, 0.3) is 0 Å². The van der Waals surface area contributed by atoms with E-state index in [1.54, 1.807) is 34.0 Å². The van der Waals surface area contributed by atoms with Crippen LogP contribution < -0.4 is 9.47 Å². The Labute approximate surface area is 204 Å². The van der Waals surface area contributed by atoms with E-state index in [0.717, 1.165) is 17.7 Å². The highest BCUT2D eigenvalue weighted by Crippen LogP contribution is 2.65. The fraction of sp³-hybridized carbons (Fsp3) is 0.615. The highest BCUT2D eigenvalue weighted by molar-refractivity contribution is 5.78. The van der Waals surface area contributed by atoms with Gasteiger partial charge >= 0.3 is 12.1 Å². The number of methoxy groups -OCH3 is 1. The van der Waals surface area contributed by atoms with Crippen LogP contribution in [0.2, 0.25) is 0 Å². The third-order valence-electron chi connectivity index (χ3n) is 7.77. The minimum Gasteiger partial charge on any atom is -0.493 e. The Balaban J connectivity index is 1.47. The maximum atomic E-state index is 12.9. The Morgan fingerprint density at radius 3 is 2.71 bits per heavy atom. The average molecular weight is 488 g/mol. The molecule has 1 aromatic carbocycles. The van der Waals surface area contributed by atoms with Crippen molar-refractivity contribution in [1.29, 1.82) is 0 Å². The second-order valence-electron chi connectivity index (χ2n) is 10.9. The molecule has 1 aromatic rings. The number of aliphatic hydroxyl groups is 1. The van der Waals surface area contributed by atoms with Crippen molar-refractivity contribution in [2.45, 2.75) is 81.8 Å². The molecule has 0 amide bonds. The molecular weight excluding hydrogens is 454 g/mol. The first-order valence-corrected chi connectivity index (χ1v) is 12.0. The van der Waals surface area contributed by atoms with Crippen LogP contribution in [0.4, 0.5) is 4.79 Å². The van der Waals surface area contributed by atoms with Gasteiger partial charge in [0.15, 0.2) is 23.7 Å². The molecule has 0 aromatic heterocycles. The first-order chi connectivity index (χ1) is 16.4. The molecule has 9 heteroatoms. The maximum Gasteiger partial charge on any atom is 0.509 e. The van der Waals surface area contributed by atoms with E-state index in [1.807, 2.05) is 19.2 Å². The summed E-state index contributed by atoms with van der Waals surface area (Å²) >= 11 is 0. The van der Waals surface area contributed by atoms with E-state index in [2.05, 4.69) is 4.90 Å².